The molecule has 0 aromatic heterocycles. The van der Waals surface area contributed by atoms with E-state index in [4.69, 9.17) is 11.6 Å². The highest BCUT2D eigenvalue weighted by Crippen LogP contribution is 2.22. The lowest BCUT2D eigenvalue weighted by molar-refractivity contribution is 0.102. The second-order valence-corrected chi connectivity index (χ2v) is 5.02. The van der Waals surface area contributed by atoms with Crippen molar-refractivity contribution in [3.63, 3.8) is 0 Å². The Balaban J connectivity index is 1.93. The quantitative estimate of drug-likeness (QED) is 0.717. The molecule has 4 heteroatoms. The second kappa shape index (κ2) is 5.54. The number of hydrogen-bond acceptors (Lipinski definition) is 1. The van der Waals surface area contributed by atoms with Crippen molar-refractivity contribution in [3.05, 3.63) is 77.1 Å². The van der Waals surface area contributed by atoms with E-state index >= 15 is 0 Å². The third kappa shape index (κ3) is 2.73. The van der Waals surface area contributed by atoms with Crippen LogP contribution in [0.5, 0.6) is 0 Å². The average molecular weight is 300 g/mol. The van der Waals surface area contributed by atoms with Gasteiger partial charge in [-0.2, -0.15) is 0 Å². The van der Waals surface area contributed by atoms with Gasteiger partial charge in [0.25, 0.3) is 5.91 Å². The maximum atomic E-state index is 13.7. The lowest BCUT2D eigenvalue weighted by Gasteiger charge is -2.08. The van der Waals surface area contributed by atoms with Gasteiger partial charge in [-0.05, 0) is 35.0 Å². The van der Waals surface area contributed by atoms with E-state index in [1.165, 1.54) is 18.2 Å². The Morgan fingerprint density at radius 3 is 2.48 bits per heavy atom. The van der Waals surface area contributed by atoms with Crippen LogP contribution in [0.1, 0.15) is 10.4 Å². The minimum atomic E-state index is -0.638. The first kappa shape index (κ1) is 13.6. The number of amides is 1. The zero-order valence-electron chi connectivity index (χ0n) is 10.9. The SMILES string of the molecule is O=C(Nc1ccc2ccccc2c1)c1c(F)cccc1Cl. The number of carbonyl (C=O) groups is 1. The highest BCUT2D eigenvalue weighted by atomic mass is 35.5. The molecule has 0 aliphatic carbocycles. The predicted molar refractivity (Wildman–Crippen MR) is 83.3 cm³/mol. The molecule has 0 unspecified atom stereocenters. The van der Waals surface area contributed by atoms with Gasteiger partial charge in [-0.1, -0.05) is 48.0 Å². The van der Waals surface area contributed by atoms with Crippen LogP contribution in [0.15, 0.2) is 60.7 Å². The second-order valence-electron chi connectivity index (χ2n) is 4.61. The molecule has 0 radical (unpaired) electrons. The zero-order valence-corrected chi connectivity index (χ0v) is 11.7. The summed E-state index contributed by atoms with van der Waals surface area (Å²) in [5.74, 6) is -1.20. The van der Waals surface area contributed by atoms with E-state index in [1.807, 2.05) is 36.4 Å². The molecule has 0 fully saturated rings. The molecule has 3 aromatic carbocycles. The van der Waals surface area contributed by atoms with Crippen LogP contribution < -0.4 is 5.32 Å². The molecular weight excluding hydrogens is 289 g/mol. The summed E-state index contributed by atoms with van der Waals surface area (Å²) in [7, 11) is 0. The third-order valence-electron chi connectivity index (χ3n) is 3.20. The van der Waals surface area contributed by atoms with Gasteiger partial charge in [0.2, 0.25) is 0 Å². The summed E-state index contributed by atoms with van der Waals surface area (Å²) in [5, 5.41) is 4.82. The van der Waals surface area contributed by atoms with Gasteiger partial charge in [-0.15, -0.1) is 0 Å². The lowest BCUT2D eigenvalue weighted by Crippen LogP contribution is -2.14. The molecule has 3 rings (SSSR count). The van der Waals surface area contributed by atoms with Crippen molar-refractivity contribution in [1.82, 2.24) is 0 Å². The lowest BCUT2D eigenvalue weighted by atomic mass is 10.1. The maximum absolute atomic E-state index is 13.7. The van der Waals surface area contributed by atoms with Gasteiger partial charge in [0.1, 0.15) is 5.82 Å². The summed E-state index contributed by atoms with van der Waals surface area (Å²) >= 11 is 5.88. The molecular formula is C17H11ClFNO. The number of halogens is 2. The topological polar surface area (TPSA) is 29.1 Å². The number of anilines is 1. The van der Waals surface area contributed by atoms with Gasteiger partial charge in [-0.3, -0.25) is 4.79 Å². The molecule has 0 atom stereocenters. The molecule has 0 heterocycles. The molecule has 0 spiro atoms. The monoisotopic (exact) mass is 299 g/mol. The fraction of sp³-hybridized carbons (Fsp3) is 0. The van der Waals surface area contributed by atoms with Crippen LogP contribution in [0.4, 0.5) is 10.1 Å². The molecule has 0 aliphatic rings. The molecule has 21 heavy (non-hydrogen) atoms. The van der Waals surface area contributed by atoms with E-state index in [-0.39, 0.29) is 10.6 Å². The molecule has 1 amide bonds. The van der Waals surface area contributed by atoms with Gasteiger partial charge in [0.05, 0.1) is 10.6 Å². The Bertz CT molecular complexity index is 812. The van der Waals surface area contributed by atoms with E-state index in [0.29, 0.717) is 5.69 Å². The van der Waals surface area contributed by atoms with Crippen LogP contribution in [0.3, 0.4) is 0 Å². The molecule has 0 saturated heterocycles. The van der Waals surface area contributed by atoms with Gasteiger partial charge in [-0.25, -0.2) is 4.39 Å². The summed E-state index contributed by atoms with van der Waals surface area (Å²) in [4.78, 5) is 12.2. The Morgan fingerprint density at radius 1 is 0.952 bits per heavy atom. The molecule has 0 saturated carbocycles. The largest absolute Gasteiger partial charge is 0.322 e. The number of fused-ring (bicyclic) bond motifs is 1. The van der Waals surface area contributed by atoms with Crippen LogP contribution in [-0.4, -0.2) is 5.91 Å². The van der Waals surface area contributed by atoms with Crippen LogP contribution in [0.25, 0.3) is 10.8 Å². The molecule has 3 aromatic rings. The molecule has 1 N–H and O–H groups in total. The maximum Gasteiger partial charge on any atom is 0.260 e. The fourth-order valence-corrected chi connectivity index (χ4v) is 2.42. The van der Waals surface area contributed by atoms with Crippen molar-refractivity contribution in [2.45, 2.75) is 0 Å². The fourth-order valence-electron chi connectivity index (χ4n) is 2.18. The summed E-state index contributed by atoms with van der Waals surface area (Å²) in [6.45, 7) is 0. The summed E-state index contributed by atoms with van der Waals surface area (Å²) in [5.41, 5.74) is 0.449. The zero-order chi connectivity index (χ0) is 14.8. The minimum Gasteiger partial charge on any atom is -0.322 e. The van der Waals surface area contributed by atoms with Crippen LogP contribution in [0.2, 0.25) is 5.02 Å². The highest BCUT2D eigenvalue weighted by molar-refractivity contribution is 6.34. The van der Waals surface area contributed by atoms with E-state index in [2.05, 4.69) is 5.32 Å². The third-order valence-corrected chi connectivity index (χ3v) is 3.51. The molecule has 104 valence electrons. The van der Waals surface area contributed by atoms with Gasteiger partial charge in [0.15, 0.2) is 0 Å². The van der Waals surface area contributed by atoms with Crippen molar-refractivity contribution < 1.29 is 9.18 Å². The summed E-state index contributed by atoms with van der Waals surface area (Å²) < 4.78 is 13.7. The van der Waals surface area contributed by atoms with Gasteiger partial charge in [0, 0.05) is 5.69 Å². The summed E-state index contributed by atoms with van der Waals surface area (Å²) in [6.07, 6.45) is 0. The van der Waals surface area contributed by atoms with Crippen molar-refractivity contribution in [2.24, 2.45) is 0 Å². The summed E-state index contributed by atoms with van der Waals surface area (Å²) in [6, 6.07) is 17.5. The number of hydrogen-bond donors (Lipinski definition) is 1. The smallest absolute Gasteiger partial charge is 0.260 e. The van der Waals surface area contributed by atoms with E-state index in [1.54, 1.807) is 6.07 Å². The molecule has 0 aliphatic heterocycles. The molecule has 0 bridgehead atoms. The van der Waals surface area contributed by atoms with Crippen LogP contribution >= 0.6 is 11.6 Å². The van der Waals surface area contributed by atoms with E-state index in [9.17, 15) is 9.18 Å². The van der Waals surface area contributed by atoms with E-state index in [0.717, 1.165) is 10.8 Å². The Morgan fingerprint density at radius 2 is 1.71 bits per heavy atom. The number of benzene rings is 3. The Labute approximate surface area is 126 Å². The van der Waals surface area contributed by atoms with Gasteiger partial charge >= 0.3 is 0 Å². The average Bonchev–Trinajstić information content (AvgIpc) is 2.47. The Hall–Kier alpha value is -2.39. The van der Waals surface area contributed by atoms with Crippen molar-refractivity contribution >= 4 is 34.0 Å². The van der Waals surface area contributed by atoms with Crippen molar-refractivity contribution in [2.75, 3.05) is 5.32 Å². The predicted octanol–water partition coefficient (Wildman–Crippen LogP) is 4.88. The molecule has 2 nitrogen and oxygen atoms in total. The van der Waals surface area contributed by atoms with Crippen LogP contribution in [0, 0.1) is 5.82 Å². The number of nitrogens with one attached hydrogen (secondary N) is 1. The van der Waals surface area contributed by atoms with Crippen LogP contribution in [-0.2, 0) is 0 Å². The standard InChI is InChI=1S/C17H11ClFNO/c18-14-6-3-7-15(19)16(14)17(21)20-13-9-8-11-4-1-2-5-12(11)10-13/h1-10H,(H,20,21). The van der Waals surface area contributed by atoms with Gasteiger partial charge < -0.3 is 5.32 Å². The van der Waals surface area contributed by atoms with Crippen molar-refractivity contribution in [3.8, 4) is 0 Å². The normalized spacial score (nSPS) is 10.6. The number of carbonyl (C=O) groups excluding carboxylic acids is 1. The highest BCUT2D eigenvalue weighted by Gasteiger charge is 2.15. The minimum absolute atomic E-state index is 0.0910. The first-order valence-electron chi connectivity index (χ1n) is 6.39. The number of rotatable bonds is 2. The van der Waals surface area contributed by atoms with Crippen molar-refractivity contribution in [1.29, 1.82) is 0 Å². The Kier molecular flexibility index (Phi) is 3.59. The first-order chi connectivity index (χ1) is 10.1. The first-order valence-corrected chi connectivity index (χ1v) is 6.77. The van der Waals surface area contributed by atoms with E-state index < -0.39 is 11.7 Å².